The van der Waals surface area contributed by atoms with E-state index in [9.17, 15) is 4.79 Å². The first-order valence-corrected chi connectivity index (χ1v) is 4.47. The number of imidazole rings is 1. The molecule has 0 aliphatic carbocycles. The fourth-order valence-corrected chi connectivity index (χ4v) is 1.41. The van der Waals surface area contributed by atoms with Crippen molar-refractivity contribution in [2.45, 2.75) is 6.92 Å². The van der Waals surface area contributed by atoms with Crippen LogP contribution in [0.1, 0.15) is 23.1 Å². The number of allylic oxidation sites excluding steroid dienone is 1. The Hall–Kier alpha value is -2.10. The highest BCUT2D eigenvalue weighted by Crippen LogP contribution is 2.19. The molecule has 1 aromatic heterocycles. The van der Waals surface area contributed by atoms with Crippen LogP contribution in [-0.2, 0) is 0 Å². The zero-order valence-electron chi connectivity index (χ0n) is 8.24. The van der Waals surface area contributed by atoms with Crippen molar-refractivity contribution in [3.8, 4) is 0 Å². The van der Waals surface area contributed by atoms with E-state index in [0.29, 0.717) is 16.9 Å². The van der Waals surface area contributed by atoms with E-state index in [1.807, 2.05) is 6.92 Å². The maximum atomic E-state index is 10.9. The fourth-order valence-electron chi connectivity index (χ4n) is 1.41. The smallest absolute Gasteiger partial charge is 0.337 e. The van der Waals surface area contributed by atoms with Gasteiger partial charge in [-0.2, -0.15) is 0 Å². The number of benzene rings is 1. The van der Waals surface area contributed by atoms with Crippen molar-refractivity contribution >= 4 is 22.6 Å². The molecular weight excluding hydrogens is 192 g/mol. The number of carboxylic acid groups (broad SMARTS) is 1. The Kier molecular flexibility index (Phi) is 2.04. The van der Waals surface area contributed by atoms with Crippen molar-refractivity contribution in [3.63, 3.8) is 0 Å². The topological polar surface area (TPSA) is 66.0 Å². The van der Waals surface area contributed by atoms with Gasteiger partial charge in [-0.1, -0.05) is 12.6 Å². The predicted molar refractivity (Wildman–Crippen MR) is 57.8 cm³/mol. The largest absolute Gasteiger partial charge is 0.478 e. The van der Waals surface area contributed by atoms with Crippen LogP contribution >= 0.6 is 0 Å². The molecule has 0 amide bonds. The Morgan fingerprint density at radius 2 is 2.27 bits per heavy atom. The van der Waals surface area contributed by atoms with Crippen LogP contribution in [0.5, 0.6) is 0 Å². The minimum Gasteiger partial charge on any atom is -0.478 e. The van der Waals surface area contributed by atoms with Crippen LogP contribution < -0.4 is 0 Å². The third-order valence-corrected chi connectivity index (χ3v) is 2.15. The summed E-state index contributed by atoms with van der Waals surface area (Å²) in [5.41, 5.74) is 2.18. The third-order valence-electron chi connectivity index (χ3n) is 2.15. The van der Waals surface area contributed by atoms with Crippen molar-refractivity contribution in [1.82, 2.24) is 9.97 Å². The first kappa shape index (κ1) is 9.45. The van der Waals surface area contributed by atoms with Crippen LogP contribution in [0.15, 0.2) is 24.8 Å². The van der Waals surface area contributed by atoms with Gasteiger partial charge in [-0.3, -0.25) is 0 Å². The number of hydrogen-bond donors (Lipinski definition) is 2. The highest BCUT2D eigenvalue weighted by Gasteiger charge is 2.12. The second kappa shape index (κ2) is 3.24. The highest BCUT2D eigenvalue weighted by molar-refractivity contribution is 6.01. The monoisotopic (exact) mass is 202 g/mol. The summed E-state index contributed by atoms with van der Waals surface area (Å²) in [5, 5.41) is 8.95. The quantitative estimate of drug-likeness (QED) is 0.785. The molecule has 0 fully saturated rings. The van der Waals surface area contributed by atoms with Gasteiger partial charge in [0.15, 0.2) is 0 Å². The normalized spacial score (nSPS) is 10.5. The molecule has 1 aromatic carbocycles. The zero-order chi connectivity index (χ0) is 11.0. The van der Waals surface area contributed by atoms with E-state index < -0.39 is 5.97 Å². The fraction of sp³-hybridized carbons (Fsp3) is 0.0909. The lowest BCUT2D eigenvalue weighted by molar-refractivity contribution is 0.0699. The third kappa shape index (κ3) is 1.50. The summed E-state index contributed by atoms with van der Waals surface area (Å²) in [6.07, 6.45) is 0. The summed E-state index contributed by atoms with van der Waals surface area (Å²) >= 11 is 0. The first-order valence-electron chi connectivity index (χ1n) is 4.47. The van der Waals surface area contributed by atoms with Gasteiger partial charge < -0.3 is 10.1 Å². The Morgan fingerprint density at radius 3 is 2.87 bits per heavy atom. The number of fused-ring (bicyclic) bond motifs is 1. The average Bonchev–Trinajstić information content (AvgIpc) is 2.60. The number of aromatic nitrogens is 2. The highest BCUT2D eigenvalue weighted by atomic mass is 16.4. The van der Waals surface area contributed by atoms with Crippen LogP contribution in [0.3, 0.4) is 0 Å². The standard InChI is InChI=1S/C11H10N2O2/c1-6(2)10-12-8-5-3-4-7(11(14)15)9(8)13-10/h3-5H,1H2,2H3,(H,12,13)(H,14,15). The summed E-state index contributed by atoms with van der Waals surface area (Å²) in [6, 6.07) is 5.01. The van der Waals surface area contributed by atoms with Gasteiger partial charge in [0.1, 0.15) is 11.3 Å². The van der Waals surface area contributed by atoms with E-state index in [4.69, 9.17) is 5.11 Å². The van der Waals surface area contributed by atoms with E-state index >= 15 is 0 Å². The maximum absolute atomic E-state index is 10.9. The number of aromatic carboxylic acids is 1. The van der Waals surface area contributed by atoms with Crippen molar-refractivity contribution < 1.29 is 9.90 Å². The number of H-pyrrole nitrogens is 1. The van der Waals surface area contributed by atoms with Crippen molar-refractivity contribution in [3.05, 3.63) is 36.2 Å². The molecule has 76 valence electrons. The molecule has 0 spiro atoms. The number of rotatable bonds is 2. The molecule has 0 aliphatic rings. The Morgan fingerprint density at radius 1 is 1.53 bits per heavy atom. The number of carbonyl (C=O) groups is 1. The van der Waals surface area contributed by atoms with E-state index in [2.05, 4.69) is 16.5 Å². The molecule has 0 saturated heterocycles. The summed E-state index contributed by atoms with van der Waals surface area (Å²) in [5.74, 6) is -0.348. The summed E-state index contributed by atoms with van der Waals surface area (Å²) < 4.78 is 0. The number of para-hydroxylation sites is 1. The SMILES string of the molecule is C=C(C)c1nc2c(C(=O)O)cccc2[nH]1. The molecule has 0 unspecified atom stereocenters. The van der Waals surface area contributed by atoms with Gasteiger partial charge in [0, 0.05) is 0 Å². The van der Waals surface area contributed by atoms with E-state index in [1.54, 1.807) is 12.1 Å². The molecule has 0 radical (unpaired) electrons. The average molecular weight is 202 g/mol. The summed E-state index contributed by atoms with van der Waals surface area (Å²) in [4.78, 5) is 18.1. The molecule has 2 aromatic rings. The first-order chi connectivity index (χ1) is 7.09. The predicted octanol–water partition coefficient (Wildman–Crippen LogP) is 2.29. The molecule has 2 rings (SSSR count). The van der Waals surface area contributed by atoms with Gasteiger partial charge in [-0.25, -0.2) is 9.78 Å². The number of nitrogens with one attached hydrogen (secondary N) is 1. The van der Waals surface area contributed by atoms with Crippen molar-refractivity contribution in [2.24, 2.45) is 0 Å². The summed E-state index contributed by atoms with van der Waals surface area (Å²) in [6.45, 7) is 5.57. The molecule has 15 heavy (non-hydrogen) atoms. The van der Waals surface area contributed by atoms with Crippen LogP contribution in [0.2, 0.25) is 0 Å². The van der Waals surface area contributed by atoms with Crippen LogP contribution in [-0.4, -0.2) is 21.0 Å². The van der Waals surface area contributed by atoms with Gasteiger partial charge in [0.05, 0.1) is 11.1 Å². The van der Waals surface area contributed by atoms with Crippen molar-refractivity contribution in [1.29, 1.82) is 0 Å². The molecule has 2 N–H and O–H groups in total. The van der Waals surface area contributed by atoms with Gasteiger partial charge in [-0.15, -0.1) is 0 Å². The molecule has 0 aliphatic heterocycles. The summed E-state index contributed by atoms with van der Waals surface area (Å²) in [7, 11) is 0. The number of carboxylic acids is 1. The van der Waals surface area contributed by atoms with Gasteiger partial charge >= 0.3 is 5.97 Å². The minimum atomic E-state index is -0.972. The maximum Gasteiger partial charge on any atom is 0.337 e. The molecular formula is C11H10N2O2. The molecule has 4 heteroatoms. The number of aromatic amines is 1. The van der Waals surface area contributed by atoms with Gasteiger partial charge in [0.25, 0.3) is 0 Å². The lowest BCUT2D eigenvalue weighted by Gasteiger charge is -1.93. The Balaban J connectivity index is 2.75. The molecule has 1 heterocycles. The van der Waals surface area contributed by atoms with Gasteiger partial charge in [-0.05, 0) is 24.6 Å². The number of hydrogen-bond acceptors (Lipinski definition) is 2. The Bertz CT molecular complexity index is 555. The van der Waals surface area contributed by atoms with Crippen LogP contribution in [0.25, 0.3) is 16.6 Å². The molecule has 0 saturated carbocycles. The minimum absolute atomic E-state index is 0.205. The lowest BCUT2D eigenvalue weighted by Crippen LogP contribution is -1.96. The van der Waals surface area contributed by atoms with Crippen LogP contribution in [0, 0.1) is 0 Å². The molecule has 0 bridgehead atoms. The van der Waals surface area contributed by atoms with E-state index in [-0.39, 0.29) is 5.56 Å². The second-order valence-corrected chi connectivity index (χ2v) is 3.37. The van der Waals surface area contributed by atoms with E-state index in [1.165, 1.54) is 6.07 Å². The van der Waals surface area contributed by atoms with E-state index in [0.717, 1.165) is 5.57 Å². The number of nitrogens with zero attached hydrogens (tertiary/aromatic N) is 1. The molecule has 4 nitrogen and oxygen atoms in total. The molecule has 0 atom stereocenters. The van der Waals surface area contributed by atoms with Gasteiger partial charge in [0.2, 0.25) is 0 Å². The lowest BCUT2D eigenvalue weighted by atomic mass is 10.2. The van der Waals surface area contributed by atoms with Crippen molar-refractivity contribution in [2.75, 3.05) is 0 Å². The van der Waals surface area contributed by atoms with Crippen LogP contribution in [0.4, 0.5) is 0 Å². The zero-order valence-corrected chi connectivity index (χ0v) is 8.24. The second-order valence-electron chi connectivity index (χ2n) is 3.37. The Labute approximate surface area is 86.3 Å².